The number of aromatic hydroxyl groups is 1. The minimum absolute atomic E-state index is 0.0589. The summed E-state index contributed by atoms with van der Waals surface area (Å²) in [5, 5.41) is 29.0. The SMILES string of the molecule is COc1c(C)c2c(c(O)c1C/C=C(\C)CC(C/C=C/CP(=O)(O)O[C@@H](C)C(=O)O)C(=O)O)C(=O)OC2. The lowest BCUT2D eigenvalue weighted by atomic mass is 9.93. The number of aliphatic carboxylic acids is 2. The van der Waals surface area contributed by atoms with Crippen molar-refractivity contribution in [3.63, 3.8) is 0 Å². The van der Waals surface area contributed by atoms with E-state index in [2.05, 4.69) is 4.52 Å². The largest absolute Gasteiger partial charge is 0.507 e. The number of benzene rings is 1. The predicted octanol–water partition coefficient (Wildman–Crippen LogP) is 3.58. The maximum Gasteiger partial charge on any atom is 0.342 e. The highest BCUT2D eigenvalue weighted by Gasteiger charge is 2.32. The van der Waals surface area contributed by atoms with Crippen molar-refractivity contribution >= 4 is 25.5 Å². The number of cyclic esters (lactones) is 1. The first-order valence-electron chi connectivity index (χ1n) is 11.1. The quantitative estimate of drug-likeness (QED) is 0.168. The summed E-state index contributed by atoms with van der Waals surface area (Å²) in [4.78, 5) is 44.2. The summed E-state index contributed by atoms with van der Waals surface area (Å²) in [6.45, 7) is 4.70. The molecule has 0 saturated heterocycles. The average Bonchev–Trinajstić information content (AvgIpc) is 3.18. The first-order valence-corrected chi connectivity index (χ1v) is 12.9. The molecular weight excluding hydrogens is 495 g/mol. The summed E-state index contributed by atoms with van der Waals surface area (Å²) < 4.78 is 27.1. The molecule has 12 heteroatoms. The fourth-order valence-electron chi connectivity index (χ4n) is 3.85. The van der Waals surface area contributed by atoms with Crippen molar-refractivity contribution in [3.8, 4) is 11.5 Å². The lowest BCUT2D eigenvalue weighted by molar-refractivity contribution is -0.144. The number of ether oxygens (including phenoxy) is 2. The Balaban J connectivity index is 2.09. The number of phenols is 1. The number of hydrogen-bond acceptors (Lipinski definition) is 8. The highest BCUT2D eigenvalue weighted by Crippen LogP contribution is 2.43. The van der Waals surface area contributed by atoms with Crippen LogP contribution in [0.5, 0.6) is 11.5 Å². The first-order chi connectivity index (χ1) is 16.8. The molecule has 0 amide bonds. The molecule has 0 saturated carbocycles. The van der Waals surface area contributed by atoms with Gasteiger partial charge in [-0.15, -0.1) is 0 Å². The van der Waals surface area contributed by atoms with Crippen LogP contribution in [0.3, 0.4) is 0 Å². The normalized spacial score (nSPS) is 16.8. The Kier molecular flexibility index (Phi) is 9.86. The molecule has 1 aromatic carbocycles. The number of phenolic OH excluding ortho intramolecular Hbond substituents is 1. The van der Waals surface area contributed by atoms with Gasteiger partial charge in [-0.05, 0) is 45.6 Å². The third kappa shape index (κ3) is 7.19. The molecule has 11 nitrogen and oxygen atoms in total. The number of methoxy groups -OCH3 is 1. The number of allylic oxidation sites excluding steroid dienone is 4. The predicted molar refractivity (Wildman–Crippen MR) is 128 cm³/mol. The molecule has 0 bridgehead atoms. The summed E-state index contributed by atoms with van der Waals surface area (Å²) in [6, 6.07) is 0. The number of carboxylic acid groups (broad SMARTS) is 2. The molecule has 0 fully saturated rings. The lowest BCUT2D eigenvalue weighted by Gasteiger charge is -2.16. The first kappa shape index (κ1) is 29.1. The Labute approximate surface area is 208 Å². The van der Waals surface area contributed by atoms with E-state index >= 15 is 0 Å². The third-order valence-corrected chi connectivity index (χ3v) is 7.13. The zero-order valence-corrected chi connectivity index (χ0v) is 21.4. The van der Waals surface area contributed by atoms with Crippen LogP contribution in [-0.2, 0) is 36.4 Å². The van der Waals surface area contributed by atoms with E-state index in [0.717, 1.165) is 6.92 Å². The summed E-state index contributed by atoms with van der Waals surface area (Å²) in [5.74, 6) is -3.66. The van der Waals surface area contributed by atoms with E-state index < -0.39 is 43.7 Å². The van der Waals surface area contributed by atoms with Gasteiger partial charge in [0.15, 0.2) is 6.10 Å². The van der Waals surface area contributed by atoms with Crippen LogP contribution < -0.4 is 4.74 Å². The number of carboxylic acids is 2. The molecule has 0 aliphatic carbocycles. The Bertz CT molecular complexity index is 1140. The second-order valence-electron chi connectivity index (χ2n) is 8.52. The van der Waals surface area contributed by atoms with Crippen molar-refractivity contribution < 1.29 is 53.2 Å². The van der Waals surface area contributed by atoms with Gasteiger partial charge in [-0.3, -0.25) is 13.9 Å². The summed E-state index contributed by atoms with van der Waals surface area (Å²) >= 11 is 0. The lowest BCUT2D eigenvalue weighted by Crippen LogP contribution is -2.18. The Hall–Kier alpha value is -3.14. The zero-order valence-electron chi connectivity index (χ0n) is 20.5. The second kappa shape index (κ2) is 12.2. The van der Waals surface area contributed by atoms with Crippen LogP contribution in [0.25, 0.3) is 0 Å². The van der Waals surface area contributed by atoms with Crippen LogP contribution in [0.15, 0.2) is 23.8 Å². The molecular formula is C24H31O11P. The van der Waals surface area contributed by atoms with Crippen LogP contribution >= 0.6 is 7.60 Å². The second-order valence-corrected chi connectivity index (χ2v) is 10.4. The molecule has 2 rings (SSSR count). The number of fused-ring (bicyclic) bond motifs is 1. The van der Waals surface area contributed by atoms with Gasteiger partial charge in [-0.25, -0.2) is 9.59 Å². The van der Waals surface area contributed by atoms with Crippen LogP contribution in [-0.4, -0.2) is 57.5 Å². The Morgan fingerprint density at radius 2 is 1.89 bits per heavy atom. The van der Waals surface area contributed by atoms with Crippen molar-refractivity contribution in [1.82, 2.24) is 0 Å². The number of hydrogen-bond donors (Lipinski definition) is 4. The van der Waals surface area contributed by atoms with E-state index in [1.807, 2.05) is 0 Å². The fourth-order valence-corrected chi connectivity index (χ4v) is 4.94. The van der Waals surface area contributed by atoms with E-state index in [-0.39, 0.29) is 37.2 Å². The van der Waals surface area contributed by atoms with Gasteiger partial charge in [-0.2, -0.15) is 0 Å². The van der Waals surface area contributed by atoms with Crippen molar-refractivity contribution in [3.05, 3.63) is 46.1 Å². The molecule has 1 aliphatic heterocycles. The minimum atomic E-state index is -4.18. The van der Waals surface area contributed by atoms with Crippen LogP contribution in [0.1, 0.15) is 53.7 Å². The molecule has 4 N–H and O–H groups in total. The van der Waals surface area contributed by atoms with Crippen molar-refractivity contribution in [2.75, 3.05) is 13.3 Å². The number of esters is 1. The van der Waals surface area contributed by atoms with E-state index in [9.17, 15) is 34.1 Å². The van der Waals surface area contributed by atoms with Crippen LogP contribution in [0, 0.1) is 12.8 Å². The molecule has 2 unspecified atom stereocenters. The Morgan fingerprint density at radius 3 is 2.47 bits per heavy atom. The molecule has 198 valence electrons. The van der Waals surface area contributed by atoms with Crippen LogP contribution in [0.2, 0.25) is 0 Å². The van der Waals surface area contributed by atoms with Gasteiger partial charge in [-0.1, -0.05) is 23.8 Å². The number of rotatable bonds is 13. The molecule has 0 radical (unpaired) electrons. The van der Waals surface area contributed by atoms with Crippen LogP contribution in [0.4, 0.5) is 0 Å². The zero-order chi connectivity index (χ0) is 27.2. The van der Waals surface area contributed by atoms with Gasteiger partial charge in [0.2, 0.25) is 0 Å². The molecule has 1 heterocycles. The smallest absolute Gasteiger partial charge is 0.342 e. The van der Waals surface area contributed by atoms with E-state index in [1.54, 1.807) is 19.9 Å². The molecule has 3 atom stereocenters. The molecule has 36 heavy (non-hydrogen) atoms. The van der Waals surface area contributed by atoms with Gasteiger partial charge in [0.1, 0.15) is 23.7 Å². The topological polar surface area (TPSA) is 177 Å². The molecule has 0 spiro atoms. The number of carbonyl (C=O) groups is 3. The summed E-state index contributed by atoms with van der Waals surface area (Å²) in [6.07, 6.45) is 2.99. The molecule has 0 aromatic heterocycles. The van der Waals surface area contributed by atoms with Gasteiger partial charge < -0.3 is 29.7 Å². The van der Waals surface area contributed by atoms with Gasteiger partial charge in [0.05, 0.1) is 19.2 Å². The minimum Gasteiger partial charge on any atom is -0.507 e. The van der Waals surface area contributed by atoms with Gasteiger partial charge >= 0.3 is 25.5 Å². The highest BCUT2D eigenvalue weighted by molar-refractivity contribution is 7.53. The van der Waals surface area contributed by atoms with E-state index in [0.29, 0.717) is 28.0 Å². The molecule has 1 aliphatic rings. The average molecular weight is 526 g/mol. The van der Waals surface area contributed by atoms with E-state index in [4.69, 9.17) is 14.6 Å². The van der Waals surface area contributed by atoms with Gasteiger partial charge in [0.25, 0.3) is 0 Å². The maximum atomic E-state index is 12.0. The van der Waals surface area contributed by atoms with E-state index in [1.165, 1.54) is 19.3 Å². The van der Waals surface area contributed by atoms with Gasteiger partial charge in [0, 0.05) is 11.1 Å². The monoisotopic (exact) mass is 526 g/mol. The molecule has 1 aromatic rings. The maximum absolute atomic E-state index is 12.0. The summed E-state index contributed by atoms with van der Waals surface area (Å²) in [5.41, 5.74) is 2.49. The highest BCUT2D eigenvalue weighted by atomic mass is 31.2. The van der Waals surface area contributed by atoms with Crippen molar-refractivity contribution in [2.45, 2.75) is 52.7 Å². The third-order valence-electron chi connectivity index (χ3n) is 5.81. The Morgan fingerprint density at radius 1 is 1.22 bits per heavy atom. The number of carbonyl (C=O) groups excluding carboxylic acids is 1. The fraction of sp³-hybridized carbons (Fsp3) is 0.458. The van der Waals surface area contributed by atoms with Crippen molar-refractivity contribution in [1.29, 1.82) is 0 Å². The van der Waals surface area contributed by atoms with Crippen molar-refractivity contribution in [2.24, 2.45) is 5.92 Å². The standard InChI is InChI=1S/C24H31O11P/c1-13(8-9-17-20(25)19-18(12-34-24(19)30)14(2)21(17)33-4)11-16(23(28)29)7-5-6-10-36(31,32)35-15(3)22(26)27/h5-6,8,15-16,25H,7,9-12H2,1-4H3,(H,26,27)(H,28,29)(H,31,32)/b6-5+,13-8+/t15-,16?/m0/s1. The summed E-state index contributed by atoms with van der Waals surface area (Å²) in [7, 11) is -2.72.